The predicted molar refractivity (Wildman–Crippen MR) is 47.7 cm³/mol. The smallest absolute Gasteiger partial charge is 0.324 e. The molecular weight excluding hydrogens is 186 g/mol. The first-order chi connectivity index (χ1) is 6.77. The van der Waals surface area contributed by atoms with E-state index in [9.17, 15) is 9.59 Å². The van der Waals surface area contributed by atoms with Crippen LogP contribution in [0.5, 0.6) is 0 Å². The molecule has 2 N–H and O–H groups in total. The zero-order chi connectivity index (χ0) is 9.97. The number of urea groups is 1. The van der Waals surface area contributed by atoms with Crippen molar-refractivity contribution in [2.45, 2.75) is 6.10 Å². The van der Waals surface area contributed by atoms with Gasteiger partial charge in [-0.2, -0.15) is 0 Å². The first-order valence-corrected chi connectivity index (χ1v) is 4.68. The summed E-state index contributed by atoms with van der Waals surface area (Å²) in [5.74, 6) is -0.177. The average molecular weight is 199 g/mol. The van der Waals surface area contributed by atoms with Crippen molar-refractivity contribution in [1.29, 1.82) is 0 Å². The van der Waals surface area contributed by atoms with Crippen molar-refractivity contribution < 1.29 is 14.3 Å². The van der Waals surface area contributed by atoms with Crippen molar-refractivity contribution in [3.8, 4) is 0 Å². The summed E-state index contributed by atoms with van der Waals surface area (Å²) in [6.07, 6.45) is -0.0726. The van der Waals surface area contributed by atoms with E-state index in [0.717, 1.165) is 6.54 Å². The molecule has 6 heteroatoms. The SMILES string of the molecule is O=C1CNC(=O)N1CC1CNCCO1. The van der Waals surface area contributed by atoms with Gasteiger partial charge >= 0.3 is 6.03 Å². The molecule has 78 valence electrons. The van der Waals surface area contributed by atoms with Crippen molar-refractivity contribution in [3.05, 3.63) is 0 Å². The largest absolute Gasteiger partial charge is 0.374 e. The van der Waals surface area contributed by atoms with Crippen molar-refractivity contribution >= 4 is 11.9 Å². The Kier molecular flexibility index (Phi) is 2.64. The molecule has 2 fully saturated rings. The Morgan fingerprint density at radius 2 is 2.36 bits per heavy atom. The van der Waals surface area contributed by atoms with Crippen LogP contribution in [0, 0.1) is 0 Å². The summed E-state index contributed by atoms with van der Waals surface area (Å²) in [6, 6.07) is -0.316. The summed E-state index contributed by atoms with van der Waals surface area (Å²) in [5, 5.41) is 5.61. The number of rotatable bonds is 2. The highest BCUT2D eigenvalue weighted by atomic mass is 16.5. The fourth-order valence-electron chi connectivity index (χ4n) is 1.58. The van der Waals surface area contributed by atoms with E-state index in [-0.39, 0.29) is 24.6 Å². The van der Waals surface area contributed by atoms with E-state index >= 15 is 0 Å². The molecule has 1 atom stereocenters. The molecule has 3 amide bonds. The number of morpholine rings is 1. The van der Waals surface area contributed by atoms with Gasteiger partial charge in [0.15, 0.2) is 0 Å². The number of carbonyl (C=O) groups excluding carboxylic acids is 2. The van der Waals surface area contributed by atoms with Crippen LogP contribution in [0.25, 0.3) is 0 Å². The lowest BCUT2D eigenvalue weighted by Crippen LogP contribution is -2.47. The number of carbonyl (C=O) groups is 2. The number of hydrogen-bond acceptors (Lipinski definition) is 4. The summed E-state index contributed by atoms with van der Waals surface area (Å²) in [6.45, 7) is 2.61. The van der Waals surface area contributed by atoms with Crippen LogP contribution in [0.4, 0.5) is 4.79 Å². The molecule has 2 heterocycles. The normalized spacial score (nSPS) is 28.0. The minimum absolute atomic E-state index is 0.0726. The highest BCUT2D eigenvalue weighted by Gasteiger charge is 2.31. The zero-order valence-corrected chi connectivity index (χ0v) is 7.78. The number of amides is 3. The lowest BCUT2D eigenvalue weighted by atomic mass is 10.3. The Bertz CT molecular complexity index is 234. The van der Waals surface area contributed by atoms with Gasteiger partial charge < -0.3 is 15.4 Å². The highest BCUT2D eigenvalue weighted by Crippen LogP contribution is 2.04. The van der Waals surface area contributed by atoms with Gasteiger partial charge in [-0.1, -0.05) is 0 Å². The maximum atomic E-state index is 11.2. The van der Waals surface area contributed by atoms with Crippen LogP contribution in [0.2, 0.25) is 0 Å². The summed E-state index contributed by atoms with van der Waals surface area (Å²) in [4.78, 5) is 23.6. The molecule has 0 aromatic rings. The van der Waals surface area contributed by atoms with Crippen molar-refractivity contribution in [2.24, 2.45) is 0 Å². The number of hydrogen-bond donors (Lipinski definition) is 2. The molecule has 6 nitrogen and oxygen atoms in total. The fourth-order valence-corrected chi connectivity index (χ4v) is 1.58. The third-order valence-corrected chi connectivity index (χ3v) is 2.33. The number of imide groups is 1. The lowest BCUT2D eigenvalue weighted by molar-refractivity contribution is -0.126. The minimum Gasteiger partial charge on any atom is -0.374 e. The van der Waals surface area contributed by atoms with Crippen LogP contribution >= 0.6 is 0 Å². The molecule has 0 bridgehead atoms. The van der Waals surface area contributed by atoms with Crippen LogP contribution in [-0.4, -0.2) is 55.7 Å². The van der Waals surface area contributed by atoms with Crippen molar-refractivity contribution in [1.82, 2.24) is 15.5 Å². The van der Waals surface area contributed by atoms with Crippen LogP contribution in [0.1, 0.15) is 0 Å². The summed E-state index contributed by atoms with van der Waals surface area (Å²) in [7, 11) is 0. The van der Waals surface area contributed by atoms with Gasteiger partial charge in [0.05, 0.1) is 25.8 Å². The molecule has 2 rings (SSSR count). The van der Waals surface area contributed by atoms with E-state index in [1.165, 1.54) is 4.90 Å². The molecule has 0 aliphatic carbocycles. The quantitative estimate of drug-likeness (QED) is 0.532. The Labute approximate surface area is 81.6 Å². The third-order valence-electron chi connectivity index (χ3n) is 2.33. The second-order valence-corrected chi connectivity index (χ2v) is 3.36. The summed E-state index contributed by atoms with van der Waals surface area (Å²) in [5.41, 5.74) is 0. The van der Waals surface area contributed by atoms with Crippen molar-refractivity contribution in [2.75, 3.05) is 32.8 Å². The number of ether oxygens (including phenoxy) is 1. The predicted octanol–water partition coefficient (Wildman–Crippen LogP) is -1.47. The Morgan fingerprint density at radius 1 is 1.50 bits per heavy atom. The first kappa shape index (κ1) is 9.42. The van der Waals surface area contributed by atoms with Gasteiger partial charge in [0, 0.05) is 13.1 Å². The average Bonchev–Trinajstić information content (AvgIpc) is 2.51. The third kappa shape index (κ3) is 1.85. The van der Waals surface area contributed by atoms with Gasteiger partial charge in [0.2, 0.25) is 5.91 Å². The number of nitrogens with zero attached hydrogens (tertiary/aromatic N) is 1. The minimum atomic E-state index is -0.316. The van der Waals surface area contributed by atoms with E-state index in [2.05, 4.69) is 10.6 Å². The molecule has 0 aromatic carbocycles. The molecule has 0 radical (unpaired) electrons. The van der Waals surface area contributed by atoms with Gasteiger partial charge in [0.1, 0.15) is 0 Å². The van der Waals surface area contributed by atoms with E-state index in [4.69, 9.17) is 4.74 Å². The molecule has 0 aromatic heterocycles. The molecule has 2 aliphatic heterocycles. The topological polar surface area (TPSA) is 70.7 Å². The van der Waals surface area contributed by atoms with E-state index in [0.29, 0.717) is 19.7 Å². The van der Waals surface area contributed by atoms with Crippen LogP contribution in [0.3, 0.4) is 0 Å². The molecule has 1 unspecified atom stereocenters. The lowest BCUT2D eigenvalue weighted by Gasteiger charge is -2.26. The molecule has 2 aliphatic rings. The second-order valence-electron chi connectivity index (χ2n) is 3.36. The molecule has 2 saturated heterocycles. The maximum absolute atomic E-state index is 11.2. The second kappa shape index (κ2) is 3.93. The molecular formula is C8H13N3O3. The van der Waals surface area contributed by atoms with Crippen molar-refractivity contribution in [3.63, 3.8) is 0 Å². The fraction of sp³-hybridized carbons (Fsp3) is 0.750. The molecule has 14 heavy (non-hydrogen) atoms. The Balaban J connectivity index is 1.89. The zero-order valence-electron chi connectivity index (χ0n) is 7.78. The van der Waals surface area contributed by atoms with E-state index in [1.807, 2.05) is 0 Å². The van der Waals surface area contributed by atoms with Crippen LogP contribution < -0.4 is 10.6 Å². The van der Waals surface area contributed by atoms with E-state index in [1.54, 1.807) is 0 Å². The standard InChI is InChI=1S/C8H13N3O3/c12-7-4-10-8(13)11(7)5-6-3-9-1-2-14-6/h6,9H,1-5H2,(H,10,13). The highest BCUT2D eigenvalue weighted by molar-refractivity contribution is 6.01. The van der Waals surface area contributed by atoms with Gasteiger partial charge in [-0.25, -0.2) is 4.79 Å². The van der Waals surface area contributed by atoms with E-state index < -0.39 is 0 Å². The van der Waals surface area contributed by atoms with Gasteiger partial charge in [-0.3, -0.25) is 9.69 Å². The Morgan fingerprint density at radius 3 is 2.93 bits per heavy atom. The maximum Gasteiger partial charge on any atom is 0.324 e. The van der Waals surface area contributed by atoms with Crippen LogP contribution in [-0.2, 0) is 9.53 Å². The van der Waals surface area contributed by atoms with Gasteiger partial charge in [-0.15, -0.1) is 0 Å². The number of nitrogens with one attached hydrogen (secondary N) is 2. The Hall–Kier alpha value is -1.14. The monoisotopic (exact) mass is 199 g/mol. The van der Waals surface area contributed by atoms with Gasteiger partial charge in [-0.05, 0) is 0 Å². The van der Waals surface area contributed by atoms with Crippen LogP contribution in [0.15, 0.2) is 0 Å². The molecule has 0 saturated carbocycles. The summed E-state index contributed by atoms with van der Waals surface area (Å²) >= 11 is 0. The summed E-state index contributed by atoms with van der Waals surface area (Å²) < 4.78 is 5.40. The first-order valence-electron chi connectivity index (χ1n) is 4.68. The van der Waals surface area contributed by atoms with Gasteiger partial charge in [0.25, 0.3) is 0 Å². The molecule has 0 spiro atoms.